The van der Waals surface area contributed by atoms with Gasteiger partial charge in [0.25, 0.3) is 0 Å². The van der Waals surface area contributed by atoms with E-state index in [4.69, 9.17) is 4.42 Å². The SMILES string of the molecule is Cc1cc(S(=O)(=O)NC(CNC(=O)CNC(=O)C(CCC2CCNCC2)CCC2CCNCC2)C(=O)O)c(C)o1.Cl.Cl. The van der Waals surface area contributed by atoms with Crippen LogP contribution in [-0.2, 0) is 24.4 Å². The molecular formula is C27H47Cl2N5O7S. The normalized spacial score (nSPS) is 17.1. The van der Waals surface area contributed by atoms with Crippen molar-refractivity contribution in [3.05, 3.63) is 17.6 Å². The van der Waals surface area contributed by atoms with Gasteiger partial charge in [-0.25, -0.2) is 8.42 Å². The van der Waals surface area contributed by atoms with Gasteiger partial charge in [-0.15, -0.1) is 24.8 Å². The van der Waals surface area contributed by atoms with E-state index in [2.05, 4.69) is 26.0 Å². The van der Waals surface area contributed by atoms with Gasteiger partial charge in [0.05, 0.1) is 6.54 Å². The fourth-order valence-corrected chi connectivity index (χ4v) is 6.94. The number of carboxylic acids is 1. The predicted molar refractivity (Wildman–Crippen MR) is 164 cm³/mol. The molecule has 0 aliphatic carbocycles. The van der Waals surface area contributed by atoms with Gasteiger partial charge in [0.15, 0.2) is 0 Å². The Labute approximate surface area is 261 Å². The van der Waals surface area contributed by atoms with Crippen molar-refractivity contribution in [3.63, 3.8) is 0 Å². The Bertz CT molecular complexity index is 1080. The maximum absolute atomic E-state index is 13.1. The molecule has 6 N–H and O–H groups in total. The van der Waals surface area contributed by atoms with E-state index in [0.29, 0.717) is 17.6 Å². The molecule has 3 heterocycles. The largest absolute Gasteiger partial charge is 0.480 e. The number of carboxylic acid groups (broad SMARTS) is 1. The van der Waals surface area contributed by atoms with Crippen molar-refractivity contribution in [1.29, 1.82) is 0 Å². The summed E-state index contributed by atoms with van der Waals surface area (Å²) in [6.45, 7) is 6.28. The Morgan fingerprint density at radius 1 is 0.952 bits per heavy atom. The average Bonchev–Trinajstić information content (AvgIpc) is 3.29. The van der Waals surface area contributed by atoms with Gasteiger partial charge in [-0.1, -0.05) is 0 Å². The molecule has 0 bridgehead atoms. The molecule has 2 aliphatic rings. The van der Waals surface area contributed by atoms with Crippen molar-refractivity contribution < 1.29 is 32.3 Å². The molecule has 2 fully saturated rings. The van der Waals surface area contributed by atoms with E-state index in [1.807, 2.05) is 0 Å². The molecule has 2 saturated heterocycles. The van der Waals surface area contributed by atoms with Gasteiger partial charge in [-0.05, 0) is 109 Å². The van der Waals surface area contributed by atoms with Crippen LogP contribution in [0.5, 0.6) is 0 Å². The van der Waals surface area contributed by atoms with Crippen molar-refractivity contribution in [3.8, 4) is 0 Å². The van der Waals surface area contributed by atoms with Crippen LogP contribution in [-0.4, -0.2) is 76.6 Å². The van der Waals surface area contributed by atoms with Crippen molar-refractivity contribution in [2.45, 2.75) is 76.2 Å². The molecule has 1 aromatic rings. The monoisotopic (exact) mass is 655 g/mol. The van der Waals surface area contributed by atoms with Crippen LogP contribution < -0.4 is 26.0 Å². The number of aryl methyl sites for hydroxylation is 2. The van der Waals surface area contributed by atoms with Crippen LogP contribution in [0.1, 0.15) is 62.9 Å². The molecular weight excluding hydrogens is 609 g/mol. The first-order valence-electron chi connectivity index (χ1n) is 14.3. The molecule has 0 radical (unpaired) electrons. The van der Waals surface area contributed by atoms with Gasteiger partial charge in [0.1, 0.15) is 22.5 Å². The number of aliphatic carboxylic acids is 1. The number of hydrogen-bond donors (Lipinski definition) is 6. The molecule has 2 aliphatic heterocycles. The second-order valence-corrected chi connectivity index (χ2v) is 12.7. The Morgan fingerprint density at radius 2 is 1.48 bits per heavy atom. The molecule has 1 atom stereocenters. The second-order valence-electron chi connectivity index (χ2n) is 11.0. The zero-order valence-corrected chi connectivity index (χ0v) is 26.9. The molecule has 42 heavy (non-hydrogen) atoms. The molecule has 1 unspecified atom stereocenters. The van der Waals surface area contributed by atoms with Crippen LogP contribution in [0.15, 0.2) is 15.4 Å². The Kier molecular flexibility index (Phi) is 17.0. The minimum Gasteiger partial charge on any atom is -0.480 e. The maximum Gasteiger partial charge on any atom is 0.323 e. The van der Waals surface area contributed by atoms with Crippen molar-refractivity contribution in [2.24, 2.45) is 17.8 Å². The standard InChI is InChI=1S/C27H45N5O7S.2ClH/c1-18-15-24(19(2)39-18)40(37,38)32-23(27(35)36)16-30-25(33)17-31-26(34)22(5-3-20-7-11-28-12-8-20)6-4-21-9-13-29-14-10-21;;/h15,20-23,28-29,32H,3-14,16-17H2,1-2H3,(H,30,33)(H,31,34)(H,35,36);2*1H. The average molecular weight is 657 g/mol. The number of nitrogens with one attached hydrogen (secondary N) is 5. The van der Waals surface area contributed by atoms with Gasteiger partial charge in [-0.2, -0.15) is 4.72 Å². The molecule has 12 nitrogen and oxygen atoms in total. The second kappa shape index (κ2) is 18.7. The third kappa shape index (κ3) is 12.4. The molecule has 1 aromatic heterocycles. The van der Waals surface area contributed by atoms with Gasteiger partial charge in [-0.3, -0.25) is 14.4 Å². The molecule has 3 rings (SSSR count). The summed E-state index contributed by atoms with van der Waals surface area (Å²) in [5.41, 5.74) is 0. The first kappa shape index (κ1) is 38.1. The van der Waals surface area contributed by atoms with E-state index in [1.165, 1.54) is 13.0 Å². The first-order chi connectivity index (χ1) is 19.0. The lowest BCUT2D eigenvalue weighted by Gasteiger charge is -2.27. The van der Waals surface area contributed by atoms with Crippen LogP contribution in [0.2, 0.25) is 0 Å². The van der Waals surface area contributed by atoms with Crippen molar-refractivity contribution in [2.75, 3.05) is 39.3 Å². The van der Waals surface area contributed by atoms with Crippen LogP contribution in [0.3, 0.4) is 0 Å². The smallest absolute Gasteiger partial charge is 0.323 e. The number of piperidine rings is 2. The summed E-state index contributed by atoms with van der Waals surface area (Å²) in [4.78, 5) is 37.1. The fourth-order valence-electron chi connectivity index (χ4n) is 5.52. The molecule has 242 valence electrons. The number of rotatable bonds is 15. The van der Waals surface area contributed by atoms with Gasteiger partial charge in [0, 0.05) is 12.5 Å². The fraction of sp³-hybridized carbons (Fsp3) is 0.741. The highest BCUT2D eigenvalue weighted by molar-refractivity contribution is 7.89. The van der Waals surface area contributed by atoms with E-state index in [9.17, 15) is 27.9 Å². The predicted octanol–water partition coefficient (Wildman–Crippen LogP) is 1.88. The maximum atomic E-state index is 13.1. The van der Waals surface area contributed by atoms with Crippen LogP contribution in [0.4, 0.5) is 0 Å². The summed E-state index contributed by atoms with van der Waals surface area (Å²) in [6, 6.07) is -0.292. The van der Waals surface area contributed by atoms with Crippen LogP contribution in [0, 0.1) is 31.6 Å². The molecule has 15 heteroatoms. The number of halogens is 2. The quantitative estimate of drug-likeness (QED) is 0.164. The minimum atomic E-state index is -4.18. The zero-order valence-electron chi connectivity index (χ0n) is 24.4. The minimum absolute atomic E-state index is 0. The summed E-state index contributed by atoms with van der Waals surface area (Å²) in [5, 5.41) is 21.4. The van der Waals surface area contributed by atoms with E-state index in [-0.39, 0.29) is 53.8 Å². The first-order valence-corrected chi connectivity index (χ1v) is 15.8. The summed E-state index contributed by atoms with van der Waals surface area (Å²) in [5.74, 6) is -0.673. The molecule has 0 saturated carbocycles. The highest BCUT2D eigenvalue weighted by atomic mass is 35.5. The molecule has 2 amide bonds. The lowest BCUT2D eigenvalue weighted by molar-refractivity contribution is -0.139. The number of hydrogen-bond acceptors (Lipinski definition) is 8. The lowest BCUT2D eigenvalue weighted by atomic mass is 9.84. The summed E-state index contributed by atoms with van der Waals surface area (Å²) >= 11 is 0. The molecule has 0 spiro atoms. The highest BCUT2D eigenvalue weighted by Crippen LogP contribution is 2.27. The number of carbonyl (C=O) groups excluding carboxylic acids is 2. The summed E-state index contributed by atoms with van der Waals surface area (Å²) < 4.78 is 32.6. The van der Waals surface area contributed by atoms with E-state index >= 15 is 0 Å². The third-order valence-corrected chi connectivity index (χ3v) is 9.52. The summed E-state index contributed by atoms with van der Waals surface area (Å²) in [7, 11) is -4.18. The topological polar surface area (TPSA) is 179 Å². The highest BCUT2D eigenvalue weighted by Gasteiger charge is 2.29. The zero-order chi connectivity index (χ0) is 29.1. The number of sulfonamides is 1. The van der Waals surface area contributed by atoms with Gasteiger partial charge in [0.2, 0.25) is 21.8 Å². The van der Waals surface area contributed by atoms with Gasteiger partial charge < -0.3 is 30.8 Å². The number of carbonyl (C=O) groups is 3. The van der Waals surface area contributed by atoms with Crippen LogP contribution in [0.25, 0.3) is 0 Å². The Morgan fingerprint density at radius 3 is 1.93 bits per heavy atom. The van der Waals surface area contributed by atoms with Crippen LogP contribution >= 0.6 is 24.8 Å². The van der Waals surface area contributed by atoms with E-state index in [0.717, 1.165) is 77.5 Å². The van der Waals surface area contributed by atoms with E-state index < -0.39 is 34.5 Å². The lowest BCUT2D eigenvalue weighted by Crippen LogP contribution is -2.50. The summed E-state index contributed by atoms with van der Waals surface area (Å²) in [6.07, 6.45) is 7.96. The molecule has 0 aromatic carbocycles. The van der Waals surface area contributed by atoms with Crippen molar-refractivity contribution in [1.82, 2.24) is 26.0 Å². The number of furan rings is 1. The third-order valence-electron chi connectivity index (χ3n) is 7.94. The van der Waals surface area contributed by atoms with E-state index in [1.54, 1.807) is 6.92 Å². The number of amides is 2. The Hall–Kier alpha value is -1.90. The Balaban J connectivity index is 0.00000441. The van der Waals surface area contributed by atoms with Crippen molar-refractivity contribution >= 4 is 52.6 Å². The van der Waals surface area contributed by atoms with Gasteiger partial charge >= 0.3 is 5.97 Å².